The van der Waals surface area contributed by atoms with Crippen molar-refractivity contribution in [1.29, 1.82) is 0 Å². The molecule has 0 saturated carbocycles. The van der Waals surface area contributed by atoms with Gasteiger partial charge in [-0.15, -0.1) is 0 Å². The van der Waals surface area contributed by atoms with E-state index in [0.29, 0.717) is 32.4 Å². The first-order valence-electron chi connectivity index (χ1n) is 15.4. The van der Waals surface area contributed by atoms with Crippen molar-refractivity contribution in [1.82, 2.24) is 25.8 Å². The van der Waals surface area contributed by atoms with Gasteiger partial charge in [-0.25, -0.2) is 8.42 Å². The van der Waals surface area contributed by atoms with E-state index in [1.807, 2.05) is 49.9 Å². The topological polar surface area (TPSA) is 145 Å². The highest BCUT2D eigenvalue weighted by Gasteiger charge is 2.46. The van der Waals surface area contributed by atoms with Crippen LogP contribution in [0.5, 0.6) is 0 Å². The standard InChI is InChI=1S/C33H43N5O6S/c1-33(2,3)16-30(40)36-25-14-27-31(41)34-17-23-8-6-5-7-22(23)13-29(39)35-24-15-28(32(42)38(27)20-25)37(19-24)18-21-9-11-26(12-10-21)45(4,43)44/h5-12,24-25,27-28H,13-20H2,1-4H3,(H,34,41)(H,35,39)(H,36,40)/t24-,25-,27-,28-/m0/s1. The smallest absolute Gasteiger partial charge is 0.243 e. The van der Waals surface area contributed by atoms with E-state index in [4.69, 9.17) is 0 Å². The zero-order chi connectivity index (χ0) is 32.5. The normalized spacial score (nSPS) is 24.7. The Bertz CT molecular complexity index is 1570. The molecule has 2 aromatic carbocycles. The van der Waals surface area contributed by atoms with Gasteiger partial charge in [0.25, 0.3) is 0 Å². The first-order valence-corrected chi connectivity index (χ1v) is 17.3. The minimum atomic E-state index is -3.36. The number of rotatable bonds is 5. The molecule has 2 saturated heterocycles. The number of likely N-dealkylation sites (tertiary alicyclic amines) is 1. The number of nitrogens with zero attached hydrogens (tertiary/aromatic N) is 2. The summed E-state index contributed by atoms with van der Waals surface area (Å²) in [4.78, 5) is 57.8. The van der Waals surface area contributed by atoms with Gasteiger partial charge in [0.1, 0.15) is 6.04 Å². The number of sulfone groups is 1. The molecule has 0 spiro atoms. The van der Waals surface area contributed by atoms with Gasteiger partial charge in [0.15, 0.2) is 9.84 Å². The van der Waals surface area contributed by atoms with E-state index in [2.05, 4.69) is 16.0 Å². The average Bonchev–Trinajstić information content (AvgIpc) is 3.54. The zero-order valence-electron chi connectivity index (χ0n) is 26.3. The fourth-order valence-corrected chi connectivity index (χ4v) is 7.19. The molecular formula is C33H43N5O6S. The molecule has 3 aliphatic rings. The molecule has 5 rings (SSSR count). The van der Waals surface area contributed by atoms with Crippen molar-refractivity contribution < 1.29 is 27.6 Å². The Morgan fingerprint density at radius 1 is 0.956 bits per heavy atom. The molecule has 4 atom stereocenters. The largest absolute Gasteiger partial charge is 0.352 e. The van der Waals surface area contributed by atoms with Gasteiger partial charge >= 0.3 is 0 Å². The van der Waals surface area contributed by atoms with Crippen molar-refractivity contribution >= 4 is 33.5 Å². The predicted octanol–water partition coefficient (Wildman–Crippen LogP) is 1.54. The van der Waals surface area contributed by atoms with Gasteiger partial charge in [-0.05, 0) is 47.1 Å². The Labute approximate surface area is 265 Å². The van der Waals surface area contributed by atoms with E-state index in [1.165, 1.54) is 0 Å². The second-order valence-corrected chi connectivity index (χ2v) is 15.8. The lowest BCUT2D eigenvalue weighted by Gasteiger charge is -2.31. The van der Waals surface area contributed by atoms with Crippen LogP contribution in [0.1, 0.15) is 56.7 Å². The highest BCUT2D eigenvalue weighted by Crippen LogP contribution is 2.28. The van der Waals surface area contributed by atoms with Crippen LogP contribution in [0.3, 0.4) is 0 Å². The van der Waals surface area contributed by atoms with E-state index in [-0.39, 0.29) is 65.5 Å². The van der Waals surface area contributed by atoms with Crippen LogP contribution in [-0.2, 0) is 48.5 Å². The molecule has 0 aliphatic carbocycles. The molecule has 11 nitrogen and oxygen atoms in total. The number of carbonyl (C=O) groups excluding carboxylic acids is 4. The van der Waals surface area contributed by atoms with E-state index >= 15 is 0 Å². The van der Waals surface area contributed by atoms with Crippen molar-refractivity contribution in [3.63, 3.8) is 0 Å². The maximum Gasteiger partial charge on any atom is 0.243 e. The number of nitrogens with one attached hydrogen (secondary N) is 3. The monoisotopic (exact) mass is 637 g/mol. The summed E-state index contributed by atoms with van der Waals surface area (Å²) in [5.74, 6) is -0.819. The number of hydrogen-bond acceptors (Lipinski definition) is 7. The number of carbonyl (C=O) groups is 4. The maximum atomic E-state index is 14.3. The molecular weight excluding hydrogens is 594 g/mol. The van der Waals surface area contributed by atoms with Crippen LogP contribution in [-0.4, -0.2) is 85.4 Å². The Kier molecular flexibility index (Phi) is 9.36. The quantitative estimate of drug-likeness (QED) is 0.451. The molecule has 3 aliphatic heterocycles. The fraction of sp³-hybridized carbons (Fsp3) is 0.515. The lowest BCUT2D eigenvalue weighted by molar-refractivity contribution is -0.142. The fourth-order valence-electron chi connectivity index (χ4n) is 6.55. The third kappa shape index (κ3) is 8.09. The third-order valence-electron chi connectivity index (χ3n) is 8.66. The van der Waals surface area contributed by atoms with Crippen LogP contribution in [0, 0.1) is 5.41 Å². The number of amides is 4. The summed E-state index contributed by atoms with van der Waals surface area (Å²) >= 11 is 0. The summed E-state index contributed by atoms with van der Waals surface area (Å²) in [5.41, 5.74) is 2.25. The van der Waals surface area contributed by atoms with Crippen molar-refractivity contribution in [3.05, 3.63) is 65.2 Å². The van der Waals surface area contributed by atoms with E-state index in [1.54, 1.807) is 29.2 Å². The number of hydrogen-bond donors (Lipinski definition) is 3. The summed E-state index contributed by atoms with van der Waals surface area (Å²) in [6, 6.07) is 12.0. The zero-order valence-corrected chi connectivity index (χ0v) is 27.2. The lowest BCUT2D eigenvalue weighted by Crippen LogP contribution is -2.52. The second-order valence-electron chi connectivity index (χ2n) is 13.8. The van der Waals surface area contributed by atoms with Gasteiger partial charge in [-0.2, -0.15) is 0 Å². The Balaban J connectivity index is 1.44. The first kappa shape index (κ1) is 32.6. The van der Waals surface area contributed by atoms with Crippen LogP contribution in [0.4, 0.5) is 0 Å². The van der Waals surface area contributed by atoms with Crippen molar-refractivity contribution in [2.24, 2.45) is 5.41 Å². The molecule has 4 amide bonds. The summed E-state index contributed by atoms with van der Waals surface area (Å²) in [7, 11) is -3.36. The molecule has 3 N–H and O–H groups in total. The third-order valence-corrected chi connectivity index (χ3v) is 9.78. The minimum absolute atomic E-state index is 0.122. The van der Waals surface area contributed by atoms with Crippen LogP contribution >= 0.6 is 0 Å². The molecule has 2 fully saturated rings. The van der Waals surface area contributed by atoms with Crippen molar-refractivity contribution in [2.75, 3.05) is 19.3 Å². The maximum absolute atomic E-state index is 14.3. The molecule has 12 heteroatoms. The van der Waals surface area contributed by atoms with Crippen molar-refractivity contribution in [2.45, 2.75) is 88.6 Å². The van der Waals surface area contributed by atoms with E-state index in [0.717, 1.165) is 22.9 Å². The van der Waals surface area contributed by atoms with Gasteiger partial charge in [0.2, 0.25) is 23.6 Å². The van der Waals surface area contributed by atoms with Crippen LogP contribution in [0.15, 0.2) is 53.4 Å². The lowest BCUT2D eigenvalue weighted by atomic mass is 9.92. The molecule has 0 radical (unpaired) electrons. The second kappa shape index (κ2) is 12.9. The number of fused-ring (bicyclic) bond motifs is 4. The SMILES string of the molecule is CC(C)(C)CC(=O)N[C@H]1C[C@H]2C(=O)NCc3ccccc3CC(=O)N[C@H]3C[C@@H](C(=O)N2C1)N(Cc1ccc(S(C)(=O)=O)cc1)C3. The summed E-state index contributed by atoms with van der Waals surface area (Å²) in [5, 5.41) is 9.15. The Morgan fingerprint density at radius 2 is 1.64 bits per heavy atom. The van der Waals surface area contributed by atoms with Gasteiger partial charge in [-0.3, -0.25) is 24.1 Å². The molecule has 3 heterocycles. The van der Waals surface area contributed by atoms with Crippen molar-refractivity contribution in [3.8, 4) is 0 Å². The summed E-state index contributed by atoms with van der Waals surface area (Å²) < 4.78 is 23.9. The van der Waals surface area contributed by atoms with Gasteiger partial charge in [0.05, 0.1) is 17.4 Å². The predicted molar refractivity (Wildman–Crippen MR) is 168 cm³/mol. The molecule has 0 aromatic heterocycles. The molecule has 2 aromatic rings. The first-order chi connectivity index (χ1) is 21.2. The van der Waals surface area contributed by atoms with Crippen LogP contribution in [0.2, 0.25) is 0 Å². The summed E-state index contributed by atoms with van der Waals surface area (Å²) in [6.07, 6.45) is 2.28. The highest BCUT2D eigenvalue weighted by atomic mass is 32.2. The van der Waals surface area contributed by atoms with E-state index in [9.17, 15) is 27.6 Å². The number of benzene rings is 2. The summed E-state index contributed by atoms with van der Waals surface area (Å²) in [6.45, 7) is 7.13. The molecule has 0 unspecified atom stereocenters. The average molecular weight is 638 g/mol. The molecule has 45 heavy (non-hydrogen) atoms. The van der Waals surface area contributed by atoms with Gasteiger partial charge in [-0.1, -0.05) is 57.2 Å². The molecule has 2 bridgehead atoms. The Morgan fingerprint density at radius 3 is 2.31 bits per heavy atom. The minimum Gasteiger partial charge on any atom is -0.352 e. The molecule has 242 valence electrons. The van der Waals surface area contributed by atoms with Crippen LogP contribution < -0.4 is 16.0 Å². The Hall–Kier alpha value is -3.77. The van der Waals surface area contributed by atoms with E-state index < -0.39 is 21.9 Å². The van der Waals surface area contributed by atoms with Crippen LogP contribution in [0.25, 0.3) is 0 Å². The van der Waals surface area contributed by atoms with Gasteiger partial charge < -0.3 is 20.9 Å². The highest BCUT2D eigenvalue weighted by molar-refractivity contribution is 7.90. The van der Waals surface area contributed by atoms with Gasteiger partial charge in [0, 0.05) is 50.9 Å².